The minimum Gasteiger partial charge on any atom is -0.481 e. The van der Waals surface area contributed by atoms with E-state index in [-0.39, 0.29) is 12.3 Å². The third-order valence-electron chi connectivity index (χ3n) is 3.68. The molecule has 0 aromatic carbocycles. The lowest BCUT2D eigenvalue weighted by molar-refractivity contribution is -0.139. The van der Waals surface area contributed by atoms with Crippen molar-refractivity contribution in [3.63, 3.8) is 0 Å². The number of amides is 1. The van der Waals surface area contributed by atoms with Gasteiger partial charge in [-0.2, -0.15) is 0 Å². The number of nitrogens with one attached hydrogen (secondary N) is 1. The van der Waals surface area contributed by atoms with Crippen molar-refractivity contribution in [3.8, 4) is 0 Å². The van der Waals surface area contributed by atoms with Crippen LogP contribution in [0.3, 0.4) is 0 Å². The first kappa shape index (κ1) is 13.3. The molecule has 2 aliphatic rings. The van der Waals surface area contributed by atoms with Crippen molar-refractivity contribution < 1.29 is 14.7 Å². The van der Waals surface area contributed by atoms with Gasteiger partial charge in [-0.25, -0.2) is 0 Å². The van der Waals surface area contributed by atoms with E-state index in [9.17, 15) is 9.59 Å². The minimum atomic E-state index is -1.04. The molecule has 1 amide bonds. The second-order valence-corrected chi connectivity index (χ2v) is 5.33. The summed E-state index contributed by atoms with van der Waals surface area (Å²) in [5.74, 6) is -0.924. The summed E-state index contributed by atoms with van der Waals surface area (Å²) < 4.78 is 0. The molecule has 18 heavy (non-hydrogen) atoms. The lowest BCUT2D eigenvalue weighted by Gasteiger charge is -2.16. The van der Waals surface area contributed by atoms with Gasteiger partial charge in [-0.15, -0.1) is 0 Å². The molecule has 2 unspecified atom stereocenters. The summed E-state index contributed by atoms with van der Waals surface area (Å²) in [5.41, 5.74) is 5.49. The Labute approximate surface area is 107 Å². The number of hydrogen-bond donors (Lipinski definition) is 3. The third kappa shape index (κ3) is 3.68. The van der Waals surface area contributed by atoms with Crippen molar-refractivity contribution in [1.29, 1.82) is 0 Å². The quantitative estimate of drug-likeness (QED) is 0.588. The second-order valence-electron chi connectivity index (χ2n) is 5.33. The summed E-state index contributed by atoms with van der Waals surface area (Å²) >= 11 is 0. The SMILES string of the molecule is NC(CC(=O)O)C(=O)NCC1CCN(C2CC2)C1. The number of hydrogen-bond acceptors (Lipinski definition) is 4. The number of likely N-dealkylation sites (tertiary alicyclic amines) is 1. The van der Waals surface area contributed by atoms with Gasteiger partial charge < -0.3 is 21.1 Å². The van der Waals surface area contributed by atoms with Crippen LogP contribution in [0.2, 0.25) is 0 Å². The van der Waals surface area contributed by atoms with Crippen molar-refractivity contribution in [2.75, 3.05) is 19.6 Å². The molecule has 2 fully saturated rings. The molecule has 1 aliphatic heterocycles. The van der Waals surface area contributed by atoms with E-state index in [4.69, 9.17) is 10.8 Å². The number of carbonyl (C=O) groups is 2. The number of carbonyl (C=O) groups excluding carboxylic acids is 1. The molecule has 1 aliphatic carbocycles. The van der Waals surface area contributed by atoms with Crippen LogP contribution in [0.25, 0.3) is 0 Å². The van der Waals surface area contributed by atoms with Crippen molar-refractivity contribution in [2.45, 2.75) is 37.8 Å². The van der Waals surface area contributed by atoms with Crippen LogP contribution in [0.5, 0.6) is 0 Å². The number of aliphatic carboxylic acids is 1. The molecule has 6 heteroatoms. The Morgan fingerprint density at radius 3 is 2.72 bits per heavy atom. The number of carboxylic acid groups (broad SMARTS) is 1. The molecule has 0 aromatic rings. The zero-order chi connectivity index (χ0) is 13.1. The lowest BCUT2D eigenvalue weighted by Crippen LogP contribution is -2.43. The molecular weight excluding hydrogens is 234 g/mol. The molecule has 1 saturated heterocycles. The van der Waals surface area contributed by atoms with Crippen molar-refractivity contribution >= 4 is 11.9 Å². The van der Waals surface area contributed by atoms with Gasteiger partial charge in [0.05, 0.1) is 12.5 Å². The lowest BCUT2D eigenvalue weighted by atomic mass is 10.1. The maximum atomic E-state index is 11.5. The van der Waals surface area contributed by atoms with Crippen LogP contribution >= 0.6 is 0 Å². The average Bonchev–Trinajstić information content (AvgIpc) is 3.05. The van der Waals surface area contributed by atoms with Crippen LogP contribution in [0.1, 0.15) is 25.7 Å². The summed E-state index contributed by atoms with van der Waals surface area (Å²) in [5, 5.41) is 11.3. The minimum absolute atomic E-state index is 0.315. The molecule has 4 N–H and O–H groups in total. The number of rotatable bonds is 6. The van der Waals surface area contributed by atoms with E-state index >= 15 is 0 Å². The highest BCUT2D eigenvalue weighted by atomic mass is 16.4. The van der Waals surface area contributed by atoms with Gasteiger partial charge in [0.1, 0.15) is 0 Å². The van der Waals surface area contributed by atoms with Crippen LogP contribution in [-0.2, 0) is 9.59 Å². The predicted molar refractivity (Wildman–Crippen MR) is 65.9 cm³/mol. The standard InChI is InChI=1S/C12H21N3O3/c13-10(5-11(16)17)12(18)14-6-8-3-4-15(7-8)9-1-2-9/h8-10H,1-7,13H2,(H,14,18)(H,16,17). The van der Waals surface area contributed by atoms with Crippen molar-refractivity contribution in [3.05, 3.63) is 0 Å². The van der Waals surface area contributed by atoms with Crippen LogP contribution < -0.4 is 11.1 Å². The maximum absolute atomic E-state index is 11.5. The first-order valence-corrected chi connectivity index (χ1v) is 6.55. The zero-order valence-electron chi connectivity index (χ0n) is 10.5. The summed E-state index contributed by atoms with van der Waals surface area (Å²) in [4.78, 5) is 24.5. The van der Waals surface area contributed by atoms with Crippen LogP contribution in [0.15, 0.2) is 0 Å². The molecular formula is C12H21N3O3. The van der Waals surface area contributed by atoms with Crippen LogP contribution in [0, 0.1) is 5.92 Å². The number of carboxylic acids is 1. The predicted octanol–water partition coefficient (Wildman–Crippen LogP) is -0.611. The van der Waals surface area contributed by atoms with E-state index < -0.39 is 12.0 Å². The molecule has 0 radical (unpaired) electrons. The van der Waals surface area contributed by atoms with Gasteiger partial charge in [0, 0.05) is 19.1 Å². The highest BCUT2D eigenvalue weighted by molar-refractivity contribution is 5.85. The number of nitrogens with zero attached hydrogens (tertiary/aromatic N) is 1. The highest BCUT2D eigenvalue weighted by Gasteiger charge is 2.34. The van der Waals surface area contributed by atoms with Gasteiger partial charge in [-0.3, -0.25) is 9.59 Å². The van der Waals surface area contributed by atoms with Crippen LogP contribution in [-0.4, -0.2) is 53.6 Å². The molecule has 6 nitrogen and oxygen atoms in total. The normalized spacial score (nSPS) is 25.9. The Morgan fingerprint density at radius 1 is 1.39 bits per heavy atom. The van der Waals surface area contributed by atoms with Crippen molar-refractivity contribution in [1.82, 2.24) is 10.2 Å². The first-order valence-electron chi connectivity index (χ1n) is 6.55. The summed E-state index contributed by atoms with van der Waals surface area (Å²) in [6, 6.07) is -0.164. The fourth-order valence-corrected chi connectivity index (χ4v) is 2.46. The summed E-state index contributed by atoms with van der Waals surface area (Å²) in [6.45, 7) is 2.76. The van der Waals surface area contributed by atoms with E-state index in [0.717, 1.165) is 25.6 Å². The number of nitrogens with two attached hydrogens (primary N) is 1. The molecule has 1 heterocycles. The first-order chi connectivity index (χ1) is 8.56. The van der Waals surface area contributed by atoms with Gasteiger partial charge in [0.25, 0.3) is 0 Å². The van der Waals surface area contributed by atoms with E-state index in [2.05, 4.69) is 10.2 Å². The molecule has 0 bridgehead atoms. The van der Waals surface area contributed by atoms with E-state index in [1.54, 1.807) is 0 Å². The zero-order valence-corrected chi connectivity index (χ0v) is 10.5. The van der Waals surface area contributed by atoms with E-state index in [1.165, 1.54) is 12.8 Å². The monoisotopic (exact) mass is 255 g/mol. The topological polar surface area (TPSA) is 95.7 Å². The third-order valence-corrected chi connectivity index (χ3v) is 3.68. The molecule has 1 saturated carbocycles. The largest absolute Gasteiger partial charge is 0.481 e. The summed E-state index contributed by atoms with van der Waals surface area (Å²) in [6.07, 6.45) is 3.40. The molecule has 0 spiro atoms. The highest BCUT2D eigenvalue weighted by Crippen LogP contribution is 2.31. The fraction of sp³-hybridized carbons (Fsp3) is 0.833. The second kappa shape index (κ2) is 5.67. The Balaban J connectivity index is 1.65. The van der Waals surface area contributed by atoms with Gasteiger partial charge in [0.15, 0.2) is 0 Å². The Hall–Kier alpha value is -1.14. The molecule has 102 valence electrons. The average molecular weight is 255 g/mol. The summed E-state index contributed by atoms with van der Waals surface area (Å²) in [7, 11) is 0. The van der Waals surface area contributed by atoms with Gasteiger partial charge in [-0.1, -0.05) is 0 Å². The van der Waals surface area contributed by atoms with Gasteiger partial charge >= 0.3 is 5.97 Å². The van der Waals surface area contributed by atoms with Crippen LogP contribution in [0.4, 0.5) is 0 Å². The maximum Gasteiger partial charge on any atom is 0.305 e. The molecule has 2 atom stereocenters. The Kier molecular flexibility index (Phi) is 4.19. The van der Waals surface area contributed by atoms with Crippen molar-refractivity contribution in [2.24, 2.45) is 11.7 Å². The fourth-order valence-electron chi connectivity index (χ4n) is 2.46. The molecule has 2 rings (SSSR count). The smallest absolute Gasteiger partial charge is 0.305 e. The van der Waals surface area contributed by atoms with E-state index in [1.807, 2.05) is 0 Å². The van der Waals surface area contributed by atoms with Gasteiger partial charge in [0.2, 0.25) is 5.91 Å². The Bertz CT molecular complexity index is 331. The Morgan fingerprint density at radius 2 is 2.11 bits per heavy atom. The van der Waals surface area contributed by atoms with Gasteiger partial charge in [-0.05, 0) is 31.7 Å². The van der Waals surface area contributed by atoms with E-state index in [0.29, 0.717) is 12.5 Å². The molecule has 0 aromatic heterocycles.